The standard InChI is InChI=1S/C17H16ClNO6S2/c18-13-4-5-15(14(9-13)17(21)22)19-16(20)12-3-1-2-11(8-12)10-26-6-7-27(23,24)25/h1-5,8-9H,6-7,10H2,(H,19,20)(H,21,22)(H,23,24,25). The predicted octanol–water partition coefficient (Wildman–Crippen LogP) is 3.41. The number of benzene rings is 2. The Labute approximate surface area is 165 Å². The van der Waals surface area contributed by atoms with Gasteiger partial charge in [0.2, 0.25) is 0 Å². The molecule has 2 rings (SSSR count). The van der Waals surface area contributed by atoms with Gasteiger partial charge in [0, 0.05) is 22.1 Å². The van der Waals surface area contributed by atoms with Crippen LogP contribution in [0, 0.1) is 0 Å². The van der Waals surface area contributed by atoms with Crippen LogP contribution in [0.1, 0.15) is 26.3 Å². The number of carboxylic acids is 1. The second-order valence-electron chi connectivity index (χ2n) is 5.49. The summed E-state index contributed by atoms with van der Waals surface area (Å²) in [6.45, 7) is 0. The van der Waals surface area contributed by atoms with E-state index in [9.17, 15) is 23.1 Å². The monoisotopic (exact) mass is 429 g/mol. The van der Waals surface area contributed by atoms with Crippen LogP contribution in [0.4, 0.5) is 5.69 Å². The maximum atomic E-state index is 12.4. The van der Waals surface area contributed by atoms with E-state index >= 15 is 0 Å². The van der Waals surface area contributed by atoms with Gasteiger partial charge in [0.15, 0.2) is 0 Å². The fourth-order valence-electron chi connectivity index (χ4n) is 2.15. The van der Waals surface area contributed by atoms with Crippen molar-refractivity contribution in [2.45, 2.75) is 5.75 Å². The Bertz CT molecular complexity index is 962. The number of rotatable bonds is 8. The molecule has 1 amide bonds. The summed E-state index contributed by atoms with van der Waals surface area (Å²) < 4.78 is 30.1. The van der Waals surface area contributed by atoms with E-state index in [1.165, 1.54) is 30.0 Å². The maximum Gasteiger partial charge on any atom is 0.337 e. The van der Waals surface area contributed by atoms with Crippen molar-refractivity contribution in [1.82, 2.24) is 0 Å². The number of hydrogen-bond acceptors (Lipinski definition) is 5. The van der Waals surface area contributed by atoms with E-state index in [4.69, 9.17) is 16.2 Å². The van der Waals surface area contributed by atoms with Gasteiger partial charge in [-0.15, -0.1) is 0 Å². The zero-order valence-corrected chi connectivity index (χ0v) is 16.3. The van der Waals surface area contributed by atoms with Crippen LogP contribution in [-0.4, -0.2) is 41.5 Å². The van der Waals surface area contributed by atoms with Gasteiger partial charge in [-0.1, -0.05) is 23.7 Å². The first kappa shape index (κ1) is 21.2. The van der Waals surface area contributed by atoms with E-state index in [0.29, 0.717) is 11.3 Å². The molecule has 0 radical (unpaired) electrons. The lowest BCUT2D eigenvalue weighted by atomic mass is 10.1. The fraction of sp³-hybridized carbons (Fsp3) is 0.176. The molecule has 0 spiro atoms. The average molecular weight is 430 g/mol. The Morgan fingerprint density at radius 1 is 1.15 bits per heavy atom. The average Bonchev–Trinajstić information content (AvgIpc) is 2.59. The number of halogens is 1. The quantitative estimate of drug-likeness (QED) is 0.434. The fourth-order valence-corrected chi connectivity index (χ4v) is 4.20. The van der Waals surface area contributed by atoms with Crippen LogP contribution in [0.2, 0.25) is 5.02 Å². The first-order valence-corrected chi connectivity index (χ1v) is 10.8. The maximum absolute atomic E-state index is 12.4. The van der Waals surface area contributed by atoms with E-state index in [2.05, 4.69) is 5.32 Å². The smallest absolute Gasteiger partial charge is 0.337 e. The number of carbonyl (C=O) groups is 2. The van der Waals surface area contributed by atoms with Crippen molar-refractivity contribution < 1.29 is 27.7 Å². The molecule has 0 aromatic heterocycles. The Morgan fingerprint density at radius 3 is 2.56 bits per heavy atom. The highest BCUT2D eigenvalue weighted by Gasteiger charge is 2.14. The second-order valence-corrected chi connectivity index (χ2v) is 8.60. The number of hydrogen-bond donors (Lipinski definition) is 3. The summed E-state index contributed by atoms with van der Waals surface area (Å²) in [6, 6.07) is 10.8. The summed E-state index contributed by atoms with van der Waals surface area (Å²) in [4.78, 5) is 23.7. The Kier molecular flexibility index (Phi) is 7.25. The van der Waals surface area contributed by atoms with Gasteiger partial charge in [-0.25, -0.2) is 4.79 Å². The summed E-state index contributed by atoms with van der Waals surface area (Å²) in [6.07, 6.45) is 0. The van der Waals surface area contributed by atoms with Crippen molar-refractivity contribution in [2.75, 3.05) is 16.8 Å². The van der Waals surface area contributed by atoms with Crippen LogP contribution < -0.4 is 5.32 Å². The Hall–Kier alpha value is -2.07. The van der Waals surface area contributed by atoms with Crippen LogP contribution in [0.3, 0.4) is 0 Å². The molecule has 0 saturated heterocycles. The van der Waals surface area contributed by atoms with E-state index < -0.39 is 22.0 Å². The molecular formula is C17H16ClNO6S2. The van der Waals surface area contributed by atoms with Crippen molar-refractivity contribution in [3.8, 4) is 0 Å². The molecule has 27 heavy (non-hydrogen) atoms. The third kappa shape index (κ3) is 6.87. The van der Waals surface area contributed by atoms with Gasteiger partial charge in [0.05, 0.1) is 17.0 Å². The molecule has 0 atom stereocenters. The van der Waals surface area contributed by atoms with Gasteiger partial charge < -0.3 is 10.4 Å². The molecule has 7 nitrogen and oxygen atoms in total. The van der Waals surface area contributed by atoms with Gasteiger partial charge in [-0.3, -0.25) is 9.35 Å². The van der Waals surface area contributed by atoms with Crippen LogP contribution in [0.5, 0.6) is 0 Å². The molecule has 0 saturated carbocycles. The number of anilines is 1. The Morgan fingerprint density at radius 2 is 1.89 bits per heavy atom. The van der Waals surface area contributed by atoms with Gasteiger partial charge in [0.1, 0.15) is 0 Å². The molecule has 0 bridgehead atoms. The highest BCUT2D eigenvalue weighted by Crippen LogP contribution is 2.22. The van der Waals surface area contributed by atoms with Crippen LogP contribution in [-0.2, 0) is 15.9 Å². The third-order valence-corrected chi connectivity index (χ3v) is 5.65. The van der Waals surface area contributed by atoms with Crippen molar-refractivity contribution in [3.05, 3.63) is 64.2 Å². The summed E-state index contributed by atoms with van der Waals surface area (Å²) >= 11 is 7.09. The number of amides is 1. The van der Waals surface area contributed by atoms with Crippen molar-refractivity contribution in [2.24, 2.45) is 0 Å². The molecule has 0 fully saturated rings. The predicted molar refractivity (Wildman–Crippen MR) is 105 cm³/mol. The molecule has 0 heterocycles. The minimum Gasteiger partial charge on any atom is -0.478 e. The molecule has 0 aliphatic rings. The summed E-state index contributed by atoms with van der Waals surface area (Å²) in [5.74, 6) is -1.35. The van der Waals surface area contributed by atoms with Gasteiger partial charge in [0.25, 0.3) is 16.0 Å². The first-order chi connectivity index (χ1) is 12.7. The zero-order chi connectivity index (χ0) is 20.0. The Balaban J connectivity index is 2.06. The summed E-state index contributed by atoms with van der Waals surface area (Å²) in [7, 11) is -3.99. The van der Waals surface area contributed by atoms with E-state index in [1.54, 1.807) is 24.3 Å². The second kappa shape index (κ2) is 9.23. The van der Waals surface area contributed by atoms with Crippen LogP contribution >= 0.6 is 23.4 Å². The molecule has 2 aromatic carbocycles. The highest BCUT2D eigenvalue weighted by molar-refractivity contribution is 7.99. The lowest BCUT2D eigenvalue weighted by Crippen LogP contribution is -2.15. The lowest BCUT2D eigenvalue weighted by Gasteiger charge is -2.10. The minimum absolute atomic E-state index is 0.118. The minimum atomic E-state index is -3.99. The van der Waals surface area contributed by atoms with Crippen molar-refractivity contribution >= 4 is 51.0 Å². The lowest BCUT2D eigenvalue weighted by molar-refractivity contribution is 0.0698. The number of nitrogens with one attached hydrogen (secondary N) is 1. The van der Waals surface area contributed by atoms with E-state index in [0.717, 1.165) is 5.56 Å². The normalized spacial score (nSPS) is 11.2. The van der Waals surface area contributed by atoms with Crippen molar-refractivity contribution in [3.63, 3.8) is 0 Å². The van der Waals surface area contributed by atoms with Gasteiger partial charge in [-0.05, 0) is 35.9 Å². The number of thioether (sulfide) groups is 1. The molecule has 144 valence electrons. The molecule has 0 unspecified atom stereocenters. The largest absolute Gasteiger partial charge is 0.478 e. The molecule has 2 aromatic rings. The third-order valence-electron chi connectivity index (χ3n) is 3.40. The summed E-state index contributed by atoms with van der Waals surface area (Å²) in [5.41, 5.74) is 1.13. The molecule has 3 N–H and O–H groups in total. The molecule has 0 aliphatic heterocycles. The van der Waals surface area contributed by atoms with E-state index in [1.807, 2.05) is 0 Å². The number of aromatic carboxylic acids is 1. The molecule has 0 aliphatic carbocycles. The molecule has 10 heteroatoms. The van der Waals surface area contributed by atoms with Crippen LogP contribution in [0.15, 0.2) is 42.5 Å². The number of carboxylic acid groups (broad SMARTS) is 1. The highest BCUT2D eigenvalue weighted by atomic mass is 35.5. The van der Waals surface area contributed by atoms with Crippen LogP contribution in [0.25, 0.3) is 0 Å². The van der Waals surface area contributed by atoms with Gasteiger partial charge >= 0.3 is 5.97 Å². The molecular weight excluding hydrogens is 414 g/mol. The first-order valence-electron chi connectivity index (χ1n) is 7.62. The van der Waals surface area contributed by atoms with E-state index in [-0.39, 0.29) is 27.8 Å². The zero-order valence-electron chi connectivity index (χ0n) is 13.9. The SMILES string of the molecule is O=C(Nc1ccc(Cl)cc1C(=O)O)c1cccc(CSCCS(=O)(=O)O)c1. The van der Waals surface area contributed by atoms with Crippen molar-refractivity contribution in [1.29, 1.82) is 0 Å². The summed E-state index contributed by atoms with van der Waals surface area (Å²) in [5, 5.41) is 12.0. The van der Waals surface area contributed by atoms with Gasteiger partial charge in [-0.2, -0.15) is 20.2 Å². The number of carbonyl (C=O) groups excluding carboxylic acids is 1. The topological polar surface area (TPSA) is 121 Å².